The van der Waals surface area contributed by atoms with Crippen LogP contribution < -0.4 is 5.43 Å². The number of rotatable bonds is 5. The molecule has 1 aliphatic rings. The van der Waals surface area contributed by atoms with Gasteiger partial charge in [0.25, 0.3) is 0 Å². The minimum absolute atomic E-state index is 0.142. The maximum absolute atomic E-state index is 11.7. The lowest BCUT2D eigenvalue weighted by molar-refractivity contribution is 0.214. The van der Waals surface area contributed by atoms with E-state index in [2.05, 4.69) is 18.7 Å². The molecule has 4 nitrogen and oxygen atoms in total. The highest BCUT2D eigenvalue weighted by Gasteiger charge is 2.14. The van der Waals surface area contributed by atoms with Gasteiger partial charge in [0, 0.05) is 24.8 Å². The SMILES string of the molecule is CC(C)CCn1cc(O)c(=O)cc1CN1CCCCC1. The van der Waals surface area contributed by atoms with Crippen molar-refractivity contribution in [1.82, 2.24) is 9.47 Å². The summed E-state index contributed by atoms with van der Waals surface area (Å²) in [6.07, 6.45) is 6.45. The number of hydrogen-bond donors (Lipinski definition) is 1. The largest absolute Gasteiger partial charge is 0.503 e. The van der Waals surface area contributed by atoms with E-state index in [1.165, 1.54) is 19.3 Å². The molecule has 0 bridgehead atoms. The normalized spacial score (nSPS) is 16.8. The highest BCUT2D eigenvalue weighted by atomic mass is 16.3. The van der Waals surface area contributed by atoms with Crippen molar-refractivity contribution >= 4 is 0 Å². The first-order valence-electron chi connectivity index (χ1n) is 7.71. The lowest BCUT2D eigenvalue weighted by atomic mass is 10.1. The first-order chi connectivity index (χ1) is 9.56. The summed E-state index contributed by atoms with van der Waals surface area (Å²) in [7, 11) is 0. The number of aromatic hydroxyl groups is 1. The van der Waals surface area contributed by atoms with Crippen molar-refractivity contribution in [3.63, 3.8) is 0 Å². The zero-order valence-corrected chi connectivity index (χ0v) is 12.6. The second kappa shape index (κ2) is 6.93. The van der Waals surface area contributed by atoms with E-state index < -0.39 is 0 Å². The van der Waals surface area contributed by atoms with Crippen molar-refractivity contribution in [2.45, 2.75) is 52.6 Å². The number of piperidine rings is 1. The fraction of sp³-hybridized carbons (Fsp3) is 0.688. The van der Waals surface area contributed by atoms with Gasteiger partial charge in [-0.25, -0.2) is 0 Å². The summed E-state index contributed by atoms with van der Waals surface area (Å²) in [4.78, 5) is 14.1. The lowest BCUT2D eigenvalue weighted by Gasteiger charge is -2.27. The van der Waals surface area contributed by atoms with Crippen LogP contribution in [0.4, 0.5) is 0 Å². The van der Waals surface area contributed by atoms with Crippen LogP contribution in [0.1, 0.15) is 45.2 Å². The average molecular weight is 278 g/mol. The summed E-state index contributed by atoms with van der Waals surface area (Å²) in [6.45, 7) is 8.26. The van der Waals surface area contributed by atoms with Gasteiger partial charge < -0.3 is 9.67 Å². The Balaban J connectivity index is 2.15. The number of nitrogens with zero attached hydrogens (tertiary/aromatic N) is 2. The minimum Gasteiger partial charge on any atom is -0.503 e. The fourth-order valence-corrected chi connectivity index (χ4v) is 2.69. The molecule has 0 saturated carbocycles. The monoisotopic (exact) mass is 278 g/mol. The first-order valence-corrected chi connectivity index (χ1v) is 7.71. The quantitative estimate of drug-likeness (QED) is 0.900. The molecule has 1 aromatic rings. The Morgan fingerprint density at radius 1 is 1.25 bits per heavy atom. The highest BCUT2D eigenvalue weighted by Crippen LogP contribution is 2.15. The van der Waals surface area contributed by atoms with Crippen LogP contribution in [0.2, 0.25) is 0 Å². The summed E-state index contributed by atoms with van der Waals surface area (Å²) in [5.41, 5.74) is 0.758. The predicted octanol–water partition coefficient (Wildman–Crippen LogP) is 2.59. The third-order valence-electron chi connectivity index (χ3n) is 3.98. The minimum atomic E-state index is -0.266. The second-order valence-corrected chi connectivity index (χ2v) is 6.23. The predicted molar refractivity (Wildman–Crippen MR) is 80.9 cm³/mol. The van der Waals surface area contributed by atoms with Gasteiger partial charge in [-0.2, -0.15) is 0 Å². The van der Waals surface area contributed by atoms with Gasteiger partial charge in [-0.15, -0.1) is 0 Å². The molecule has 1 aliphatic heterocycles. The molecule has 0 aromatic carbocycles. The molecule has 0 amide bonds. The number of likely N-dealkylation sites (tertiary alicyclic amines) is 1. The smallest absolute Gasteiger partial charge is 0.223 e. The molecule has 0 spiro atoms. The maximum Gasteiger partial charge on any atom is 0.223 e. The molecule has 1 fully saturated rings. The molecule has 20 heavy (non-hydrogen) atoms. The van der Waals surface area contributed by atoms with E-state index in [0.717, 1.165) is 38.3 Å². The van der Waals surface area contributed by atoms with Crippen molar-refractivity contribution in [2.24, 2.45) is 5.92 Å². The maximum atomic E-state index is 11.7. The van der Waals surface area contributed by atoms with Crippen LogP contribution in [0.15, 0.2) is 17.1 Å². The lowest BCUT2D eigenvalue weighted by Crippen LogP contribution is -2.31. The molecule has 1 N–H and O–H groups in total. The standard InChI is InChI=1S/C16H26N2O2/c1-13(2)6-9-18-12-16(20)15(19)10-14(18)11-17-7-4-3-5-8-17/h10,12-13,20H,3-9,11H2,1-2H3. The molecule has 0 radical (unpaired) electrons. The van der Waals surface area contributed by atoms with Crippen molar-refractivity contribution in [3.8, 4) is 5.75 Å². The average Bonchev–Trinajstić information content (AvgIpc) is 2.42. The van der Waals surface area contributed by atoms with Gasteiger partial charge in [0.2, 0.25) is 5.43 Å². The van der Waals surface area contributed by atoms with Crippen LogP contribution in [0, 0.1) is 5.92 Å². The molecule has 0 unspecified atom stereocenters. The van der Waals surface area contributed by atoms with Gasteiger partial charge in [0.15, 0.2) is 5.75 Å². The Morgan fingerprint density at radius 2 is 1.95 bits per heavy atom. The topological polar surface area (TPSA) is 45.5 Å². The Kier molecular flexibility index (Phi) is 5.24. The molecule has 112 valence electrons. The first kappa shape index (κ1) is 15.1. The molecule has 1 aromatic heterocycles. The number of hydrogen-bond acceptors (Lipinski definition) is 3. The van der Waals surface area contributed by atoms with Gasteiger partial charge in [0.1, 0.15) is 0 Å². The molecular formula is C16H26N2O2. The second-order valence-electron chi connectivity index (χ2n) is 6.23. The fourth-order valence-electron chi connectivity index (χ4n) is 2.69. The molecule has 2 rings (SSSR count). The van der Waals surface area contributed by atoms with Crippen molar-refractivity contribution in [3.05, 3.63) is 28.2 Å². The molecular weight excluding hydrogens is 252 g/mol. The zero-order chi connectivity index (χ0) is 14.5. The molecule has 1 saturated heterocycles. The Bertz CT molecular complexity index is 488. The van der Waals surface area contributed by atoms with Crippen molar-refractivity contribution < 1.29 is 5.11 Å². The Labute approximate surface area is 121 Å². The van der Waals surface area contributed by atoms with Crippen molar-refractivity contribution in [2.75, 3.05) is 13.1 Å². The molecule has 0 aliphatic carbocycles. The van der Waals surface area contributed by atoms with Gasteiger partial charge in [-0.3, -0.25) is 9.69 Å². The van der Waals surface area contributed by atoms with Crippen LogP contribution in [0.25, 0.3) is 0 Å². The highest BCUT2D eigenvalue weighted by molar-refractivity contribution is 5.20. The Morgan fingerprint density at radius 3 is 2.60 bits per heavy atom. The number of aromatic nitrogens is 1. The number of aryl methyl sites for hydroxylation is 1. The van der Waals surface area contributed by atoms with Gasteiger partial charge >= 0.3 is 0 Å². The van der Waals surface area contributed by atoms with Crippen LogP contribution in [0.3, 0.4) is 0 Å². The van der Waals surface area contributed by atoms with E-state index in [0.29, 0.717) is 5.92 Å². The Hall–Kier alpha value is -1.29. The summed E-state index contributed by atoms with van der Waals surface area (Å²) in [6, 6.07) is 1.60. The summed E-state index contributed by atoms with van der Waals surface area (Å²) in [5, 5.41) is 9.65. The zero-order valence-electron chi connectivity index (χ0n) is 12.6. The summed E-state index contributed by atoms with van der Waals surface area (Å²) < 4.78 is 2.05. The number of pyridine rings is 1. The summed E-state index contributed by atoms with van der Waals surface area (Å²) >= 11 is 0. The molecule has 0 atom stereocenters. The van der Waals surface area contributed by atoms with Crippen LogP contribution >= 0.6 is 0 Å². The van der Waals surface area contributed by atoms with E-state index in [-0.39, 0.29) is 11.2 Å². The van der Waals surface area contributed by atoms with E-state index in [1.807, 2.05) is 4.57 Å². The van der Waals surface area contributed by atoms with E-state index in [4.69, 9.17) is 0 Å². The van der Waals surface area contributed by atoms with Gasteiger partial charge in [-0.1, -0.05) is 20.3 Å². The van der Waals surface area contributed by atoms with Gasteiger partial charge in [0.05, 0.1) is 6.20 Å². The van der Waals surface area contributed by atoms with Gasteiger partial charge in [-0.05, 0) is 38.3 Å². The van der Waals surface area contributed by atoms with E-state index in [9.17, 15) is 9.90 Å². The van der Waals surface area contributed by atoms with E-state index >= 15 is 0 Å². The van der Waals surface area contributed by atoms with Crippen LogP contribution in [-0.4, -0.2) is 27.7 Å². The third kappa shape index (κ3) is 4.10. The molecule has 2 heterocycles. The van der Waals surface area contributed by atoms with Crippen LogP contribution in [0.5, 0.6) is 5.75 Å². The van der Waals surface area contributed by atoms with Crippen molar-refractivity contribution in [1.29, 1.82) is 0 Å². The third-order valence-corrected chi connectivity index (χ3v) is 3.98. The van der Waals surface area contributed by atoms with E-state index in [1.54, 1.807) is 12.3 Å². The molecule has 4 heteroatoms. The summed E-state index contributed by atoms with van der Waals surface area (Å²) in [5.74, 6) is 0.468. The van der Waals surface area contributed by atoms with Crippen LogP contribution in [-0.2, 0) is 13.1 Å².